The summed E-state index contributed by atoms with van der Waals surface area (Å²) < 4.78 is 137. The molecule has 7 rings (SSSR count). The number of halogens is 5. The number of nitrogens with zero attached hydrogens (tertiary/aromatic N) is 5. The molecule has 0 bridgehead atoms. The summed E-state index contributed by atoms with van der Waals surface area (Å²) in [4.78, 5) is 49.6. The van der Waals surface area contributed by atoms with Gasteiger partial charge in [-0.05, 0) is 103 Å². The number of benzene rings is 2. The first-order valence-electron chi connectivity index (χ1n) is 20.6. The lowest BCUT2D eigenvalue weighted by atomic mass is 9.87. The number of hydrogen-bond acceptors (Lipinski definition) is 13. The molecule has 6 unspecified atom stereocenters. The van der Waals surface area contributed by atoms with Crippen LogP contribution in [0.1, 0.15) is 104 Å². The Bertz CT molecular complexity index is 2760. The maximum absolute atomic E-state index is 15.3. The van der Waals surface area contributed by atoms with E-state index in [1.807, 2.05) is 0 Å². The van der Waals surface area contributed by atoms with Crippen molar-refractivity contribution in [3.8, 4) is 0 Å². The standard InChI is InChI=1S/C24H26F3N5O5S.C18H24F2N4O4S.2CH4/c1-23(2,3)37-22(34)30-21-31-24(11-14(26)9-19(24)38(35,36)32(21)4)16-10-15(6-7-17(16)27)29-20(33)18-8-5-13(25)12-28-18;1-17(2,3)28-16(25)22-15-23-18(12-8-11(21)5-6-13(12)20)9-10(19)7-14(18)29(26,27)24(15)4;;/h5-8,10,12,14,19H,9,11H2,1-4H3,(H,29,33)(H,30,31,34);5-6,8,10,14H,7,9,21H2,1-4H3,(H,22,23,25);2*1H4. The number of alkyl carbamates (subject to hydrolysis) is 2. The fourth-order valence-electron chi connectivity index (χ4n) is 8.28. The Morgan fingerprint density at radius 1 is 0.696 bits per heavy atom. The number of anilines is 2. The molecule has 18 nitrogen and oxygen atoms in total. The zero-order chi connectivity index (χ0) is 49.8. The summed E-state index contributed by atoms with van der Waals surface area (Å²) in [5, 5.41) is 4.24. The number of pyridine rings is 1. The van der Waals surface area contributed by atoms with Crippen molar-refractivity contribution in [1.29, 1.82) is 0 Å². The average molecular weight is 1020 g/mol. The molecule has 0 radical (unpaired) electrons. The minimum Gasteiger partial charge on any atom is -0.444 e. The van der Waals surface area contributed by atoms with Crippen LogP contribution < -0.4 is 21.7 Å². The summed E-state index contributed by atoms with van der Waals surface area (Å²) in [5.74, 6) is -3.85. The molecular weight excluding hydrogens is 958 g/mol. The first-order valence-corrected chi connectivity index (χ1v) is 23.6. The minimum absolute atomic E-state index is 0. The monoisotopic (exact) mass is 1020 g/mol. The van der Waals surface area contributed by atoms with E-state index in [9.17, 15) is 48.8 Å². The molecule has 2 aromatic carbocycles. The molecular formula is C44H58F5N9O9S2. The van der Waals surface area contributed by atoms with Gasteiger partial charge in [-0.15, -0.1) is 0 Å². The predicted molar refractivity (Wildman–Crippen MR) is 249 cm³/mol. The number of rotatable bonds is 4. The lowest BCUT2D eigenvalue weighted by molar-refractivity contribution is 0.0546. The van der Waals surface area contributed by atoms with Crippen LogP contribution in [0, 0.1) is 17.5 Å². The third-order valence-electron chi connectivity index (χ3n) is 11.1. The number of fused-ring (bicyclic) bond motifs is 2. The lowest BCUT2D eigenvalue weighted by Crippen LogP contribution is -2.57. The number of sulfonamides is 2. The van der Waals surface area contributed by atoms with Crippen molar-refractivity contribution in [3.63, 3.8) is 0 Å². The van der Waals surface area contributed by atoms with Gasteiger partial charge in [0.15, 0.2) is 0 Å². The Labute approximate surface area is 398 Å². The van der Waals surface area contributed by atoms with Crippen LogP contribution >= 0.6 is 0 Å². The first-order chi connectivity index (χ1) is 30.9. The highest BCUT2D eigenvalue weighted by molar-refractivity contribution is 7.90. The van der Waals surface area contributed by atoms with Crippen molar-refractivity contribution in [2.45, 2.75) is 127 Å². The van der Waals surface area contributed by atoms with Crippen molar-refractivity contribution < 1.29 is 62.6 Å². The zero-order valence-corrected chi connectivity index (χ0v) is 39.2. The van der Waals surface area contributed by atoms with Gasteiger partial charge in [-0.1, -0.05) is 14.9 Å². The van der Waals surface area contributed by atoms with Crippen LogP contribution in [0.3, 0.4) is 0 Å². The molecule has 6 atom stereocenters. The van der Waals surface area contributed by atoms with E-state index in [1.165, 1.54) is 25.2 Å². The second-order valence-electron chi connectivity index (χ2n) is 18.3. The Hall–Kier alpha value is -6.11. The molecule has 2 saturated carbocycles. The number of aliphatic imine (C=N–C) groups is 2. The van der Waals surface area contributed by atoms with Crippen LogP contribution in [-0.2, 0) is 40.6 Å². The summed E-state index contributed by atoms with van der Waals surface area (Å²) in [6, 6.07) is 9.23. The fourth-order valence-corrected chi connectivity index (χ4v) is 12.1. The number of hydrogen-bond donors (Lipinski definition) is 4. The van der Waals surface area contributed by atoms with Gasteiger partial charge < -0.3 is 20.5 Å². The second kappa shape index (κ2) is 19.7. The van der Waals surface area contributed by atoms with Gasteiger partial charge in [0.25, 0.3) is 5.91 Å². The molecule has 4 aliphatic rings. The van der Waals surface area contributed by atoms with E-state index >= 15 is 4.39 Å². The van der Waals surface area contributed by atoms with Crippen molar-refractivity contribution in [2.24, 2.45) is 9.98 Å². The Kier molecular flexibility index (Phi) is 15.9. The van der Waals surface area contributed by atoms with E-state index in [0.29, 0.717) is 4.31 Å². The molecule has 3 aromatic rings. The van der Waals surface area contributed by atoms with Crippen molar-refractivity contribution in [3.05, 3.63) is 89.0 Å². The van der Waals surface area contributed by atoms with Crippen LogP contribution in [-0.4, -0.2) is 109 Å². The molecule has 0 spiro atoms. The number of alkyl halides is 2. The zero-order valence-electron chi connectivity index (χ0n) is 37.5. The molecule has 3 amide bonds. The molecule has 0 saturated heterocycles. The number of nitrogens with two attached hydrogens (primary N) is 1. The van der Waals surface area contributed by atoms with Crippen LogP contribution in [0.25, 0.3) is 0 Å². The third-order valence-corrected chi connectivity index (χ3v) is 15.6. The van der Waals surface area contributed by atoms with Gasteiger partial charge in [0.1, 0.15) is 68.3 Å². The number of guanidine groups is 2. The van der Waals surface area contributed by atoms with Gasteiger partial charge in [0.05, 0.1) is 6.20 Å². The Morgan fingerprint density at radius 3 is 1.55 bits per heavy atom. The maximum Gasteiger partial charge on any atom is 0.414 e. The molecule has 2 aliphatic carbocycles. The van der Waals surface area contributed by atoms with Gasteiger partial charge in [-0.2, -0.15) is 0 Å². The largest absolute Gasteiger partial charge is 0.444 e. The summed E-state index contributed by atoms with van der Waals surface area (Å²) >= 11 is 0. The molecule has 25 heteroatoms. The fraction of sp³-hybridized carbons (Fsp3) is 0.500. The normalized spacial score (nSPS) is 25.3. The number of carbonyl (C=O) groups is 3. The second-order valence-corrected chi connectivity index (χ2v) is 22.6. The Balaban J connectivity index is 0.000000302. The van der Waals surface area contributed by atoms with Gasteiger partial charge >= 0.3 is 12.2 Å². The number of nitrogens with one attached hydrogen (secondary N) is 3. The van der Waals surface area contributed by atoms with Gasteiger partial charge in [-0.25, -0.2) is 72.0 Å². The average Bonchev–Trinajstić information content (AvgIpc) is 3.74. The van der Waals surface area contributed by atoms with Crippen LogP contribution in [0.5, 0.6) is 0 Å². The summed E-state index contributed by atoms with van der Waals surface area (Å²) in [6.45, 7) is 9.73. The molecule has 3 heterocycles. The van der Waals surface area contributed by atoms with Crippen LogP contribution in [0.4, 0.5) is 42.9 Å². The van der Waals surface area contributed by atoms with Crippen LogP contribution in [0.15, 0.2) is 64.7 Å². The van der Waals surface area contributed by atoms with E-state index in [2.05, 4.69) is 30.9 Å². The van der Waals surface area contributed by atoms with E-state index < -0.39 is 120 Å². The quantitative estimate of drug-likeness (QED) is 0.153. The molecule has 380 valence electrons. The van der Waals surface area contributed by atoms with E-state index in [-0.39, 0.29) is 61.9 Å². The van der Waals surface area contributed by atoms with E-state index in [4.69, 9.17) is 15.2 Å². The van der Waals surface area contributed by atoms with Crippen molar-refractivity contribution in [1.82, 2.24) is 24.2 Å². The molecule has 2 fully saturated rings. The number of amides is 3. The molecule has 5 N–H and O–H groups in total. The minimum atomic E-state index is -4.32. The third kappa shape index (κ3) is 11.3. The number of nitrogen functional groups attached to an aromatic ring is 1. The predicted octanol–water partition coefficient (Wildman–Crippen LogP) is 7.00. The molecule has 69 heavy (non-hydrogen) atoms. The SMILES string of the molecule is C.C.CN1C(NC(=O)OC(C)(C)C)=NC2(c3cc(N)ccc3F)CC(F)CC2S1(=O)=O.CN1C(NC(=O)OC(C)(C)C)=NC2(c3cc(NC(=O)c4ccc(F)cn4)ccc3F)CC(F)CC2S1(=O)=O. The highest BCUT2D eigenvalue weighted by Crippen LogP contribution is 2.52. The van der Waals surface area contributed by atoms with Gasteiger partial charge in [0, 0.05) is 49.4 Å². The topological polar surface area (TPSA) is 244 Å². The van der Waals surface area contributed by atoms with Crippen molar-refractivity contribution >= 4 is 61.4 Å². The number of ether oxygens (including phenoxy) is 2. The smallest absolute Gasteiger partial charge is 0.414 e. The Morgan fingerprint density at radius 2 is 1.13 bits per heavy atom. The summed E-state index contributed by atoms with van der Waals surface area (Å²) in [6.07, 6.45) is -5.89. The van der Waals surface area contributed by atoms with E-state index in [0.717, 1.165) is 47.9 Å². The summed E-state index contributed by atoms with van der Waals surface area (Å²) in [5.41, 5.74) is 0.0120. The van der Waals surface area contributed by atoms with Crippen molar-refractivity contribution in [2.75, 3.05) is 25.1 Å². The first kappa shape index (κ1) is 55.5. The number of aromatic nitrogens is 1. The maximum atomic E-state index is 15.3. The summed E-state index contributed by atoms with van der Waals surface area (Å²) in [7, 11) is -6.15. The number of carbonyl (C=O) groups excluding carboxylic acids is 3. The molecule has 1 aromatic heterocycles. The van der Waals surface area contributed by atoms with Gasteiger partial charge in [0.2, 0.25) is 32.0 Å². The van der Waals surface area contributed by atoms with Crippen LogP contribution in [0.2, 0.25) is 0 Å². The van der Waals surface area contributed by atoms with Gasteiger partial charge in [-0.3, -0.25) is 15.4 Å². The highest BCUT2D eigenvalue weighted by atomic mass is 32.2. The lowest BCUT2D eigenvalue weighted by Gasteiger charge is -2.40. The molecule has 2 aliphatic heterocycles. The van der Waals surface area contributed by atoms with E-state index in [1.54, 1.807) is 41.5 Å². The highest BCUT2D eigenvalue weighted by Gasteiger charge is 2.62.